The Kier molecular flexibility index (Phi) is 12.6. The predicted molar refractivity (Wildman–Crippen MR) is 177 cm³/mol. The molecule has 255 valence electrons. The molecular weight excluding hydrogens is 722 g/mol. The molecule has 0 bridgehead atoms. The second kappa shape index (κ2) is 16.5. The number of nitrogens with one attached hydrogen (secondary N) is 2. The number of carbonyl (C=O) groups excluding carboxylic acids is 1. The first-order chi connectivity index (χ1) is 23.0. The van der Waals surface area contributed by atoms with Crippen molar-refractivity contribution in [2.75, 3.05) is 13.7 Å². The van der Waals surface area contributed by atoms with Crippen LogP contribution in [0.4, 0.5) is 8.78 Å². The molecule has 11 nitrogen and oxygen atoms in total. The molecule has 1 aliphatic heterocycles. The first-order valence-corrected chi connectivity index (χ1v) is 15.4. The average Bonchev–Trinajstić information content (AvgIpc) is 3.51. The standard InChI is InChI=1S/C24H22Cl2N3O2.C9H7F2N4O2.Mn/c1-31-24-15(13-27-14-16-10-12-22(30)28-16)9-11-21(29-24)19-7-4-6-18(23(19)26)17-5-2-3-8-20(17)25;1-14-7-4(8(16)15(2)9(14)17)3-12-6(13-7)5(10)11;/h2-7,9,11,16,27H,10,12-14H2,1H3,(H,28,30);5H,1-2H3;/q2*-1;+2/t16-;;/m1../s1. The third-order valence-electron chi connectivity index (χ3n) is 7.63. The van der Waals surface area contributed by atoms with E-state index in [0.717, 1.165) is 37.8 Å². The van der Waals surface area contributed by atoms with E-state index >= 15 is 0 Å². The number of nitrogens with zero attached hydrogens (tertiary/aromatic N) is 5. The van der Waals surface area contributed by atoms with Crippen LogP contribution in [0.2, 0.25) is 10.0 Å². The molecule has 1 fully saturated rings. The van der Waals surface area contributed by atoms with Crippen LogP contribution < -0.4 is 26.6 Å². The molecule has 16 heteroatoms. The SMILES string of the molecule is COc1nc(-c2cccc(-c3ccc[c-]c3Cl)c2Cl)ccc1CNC[C@H]1CCC(=O)N1.Cn1c(=O)c2[c-]nc(C(F)F)nc2n(C)c1=O.[Mn+2]. The first-order valence-electron chi connectivity index (χ1n) is 14.6. The Hall–Kier alpha value is -4.20. The van der Waals surface area contributed by atoms with Crippen molar-refractivity contribution < 1.29 is 35.4 Å². The maximum atomic E-state index is 12.4. The molecule has 0 saturated carbocycles. The number of hydrogen-bond acceptors (Lipinski definition) is 8. The summed E-state index contributed by atoms with van der Waals surface area (Å²) in [5, 5.41) is 7.31. The van der Waals surface area contributed by atoms with Crippen LogP contribution >= 0.6 is 23.2 Å². The number of halogens is 4. The van der Waals surface area contributed by atoms with E-state index in [2.05, 4.69) is 37.8 Å². The molecule has 0 aliphatic carbocycles. The van der Waals surface area contributed by atoms with Gasteiger partial charge in [0.05, 0.1) is 18.5 Å². The minimum atomic E-state index is -2.88. The topological polar surface area (TPSA) is 133 Å². The average molecular weight is 751 g/mol. The summed E-state index contributed by atoms with van der Waals surface area (Å²) in [4.78, 5) is 46.0. The van der Waals surface area contributed by atoms with Gasteiger partial charge in [0.1, 0.15) is 5.82 Å². The van der Waals surface area contributed by atoms with E-state index in [1.54, 1.807) is 13.2 Å². The maximum absolute atomic E-state index is 12.4. The summed E-state index contributed by atoms with van der Waals surface area (Å²) in [5.41, 5.74) is 2.64. The molecule has 1 amide bonds. The zero-order valence-electron chi connectivity index (χ0n) is 26.4. The second-order valence-electron chi connectivity index (χ2n) is 10.8. The summed E-state index contributed by atoms with van der Waals surface area (Å²) in [6, 6.07) is 18.4. The van der Waals surface area contributed by atoms with Gasteiger partial charge in [0.2, 0.25) is 11.8 Å². The van der Waals surface area contributed by atoms with Gasteiger partial charge < -0.3 is 39.3 Å². The van der Waals surface area contributed by atoms with Gasteiger partial charge in [0.15, 0.2) is 5.56 Å². The largest absolute Gasteiger partial charge is 2.00 e. The van der Waals surface area contributed by atoms with Gasteiger partial charge in [-0.05, 0) is 24.1 Å². The maximum Gasteiger partial charge on any atom is 2.00 e. The Morgan fingerprint density at radius 1 is 1.04 bits per heavy atom. The molecule has 1 atom stereocenters. The van der Waals surface area contributed by atoms with Crippen molar-refractivity contribution in [2.24, 2.45) is 14.1 Å². The molecule has 0 unspecified atom stereocenters. The molecule has 0 spiro atoms. The van der Waals surface area contributed by atoms with Gasteiger partial charge in [-0.2, -0.15) is 24.3 Å². The molecule has 4 heterocycles. The number of rotatable bonds is 8. The van der Waals surface area contributed by atoms with Crippen LogP contribution in [0.1, 0.15) is 30.7 Å². The van der Waals surface area contributed by atoms with Crippen LogP contribution in [0, 0.1) is 12.3 Å². The number of aromatic nitrogens is 5. The van der Waals surface area contributed by atoms with Crippen molar-refractivity contribution in [1.82, 2.24) is 34.7 Å². The molecule has 5 aromatic rings. The van der Waals surface area contributed by atoms with Gasteiger partial charge in [0.25, 0.3) is 6.43 Å². The molecule has 6 rings (SSSR count). The van der Waals surface area contributed by atoms with Crippen LogP contribution in [0.3, 0.4) is 0 Å². The zero-order chi connectivity index (χ0) is 34.5. The molecule has 1 aliphatic rings. The third kappa shape index (κ3) is 8.34. The van der Waals surface area contributed by atoms with Crippen LogP contribution in [0.15, 0.2) is 58.1 Å². The van der Waals surface area contributed by atoms with Gasteiger partial charge in [-0.25, -0.2) is 18.6 Å². The van der Waals surface area contributed by atoms with Gasteiger partial charge in [-0.1, -0.05) is 46.5 Å². The van der Waals surface area contributed by atoms with E-state index in [4.69, 9.17) is 27.9 Å². The van der Waals surface area contributed by atoms with E-state index in [0.29, 0.717) is 41.1 Å². The number of pyridine rings is 1. The number of alkyl halides is 2. The minimum absolute atomic E-state index is 0. The first kappa shape index (κ1) is 37.6. The van der Waals surface area contributed by atoms with E-state index in [9.17, 15) is 23.2 Å². The third-order valence-corrected chi connectivity index (χ3v) is 8.35. The van der Waals surface area contributed by atoms with Crippen molar-refractivity contribution in [3.63, 3.8) is 0 Å². The normalized spacial score (nSPS) is 13.9. The fraction of sp³-hybridized carbons (Fsp3) is 0.273. The zero-order valence-corrected chi connectivity index (χ0v) is 29.1. The van der Waals surface area contributed by atoms with Crippen molar-refractivity contribution in [1.29, 1.82) is 0 Å². The van der Waals surface area contributed by atoms with Gasteiger partial charge in [0, 0.05) is 55.8 Å². The summed E-state index contributed by atoms with van der Waals surface area (Å²) >= 11 is 13.1. The van der Waals surface area contributed by atoms with E-state index < -0.39 is 23.5 Å². The fourth-order valence-corrected chi connectivity index (χ4v) is 5.66. The summed E-state index contributed by atoms with van der Waals surface area (Å²) in [5.74, 6) is -0.113. The summed E-state index contributed by atoms with van der Waals surface area (Å²) in [6.07, 6.45) is 0.767. The Morgan fingerprint density at radius 2 is 1.78 bits per heavy atom. The molecular formula is C33H29Cl2F2MnN7O4. The van der Waals surface area contributed by atoms with E-state index in [1.807, 2.05) is 42.5 Å². The molecule has 2 aromatic carbocycles. The number of carbonyl (C=O) groups is 1. The summed E-state index contributed by atoms with van der Waals surface area (Å²) in [7, 11) is 4.21. The van der Waals surface area contributed by atoms with Crippen LogP contribution in [0.5, 0.6) is 5.88 Å². The quantitative estimate of drug-likeness (QED) is 0.173. The van der Waals surface area contributed by atoms with Gasteiger partial charge in [-0.15, -0.1) is 17.2 Å². The summed E-state index contributed by atoms with van der Waals surface area (Å²) in [6.45, 7) is 1.30. The van der Waals surface area contributed by atoms with Crippen molar-refractivity contribution in [3.05, 3.63) is 103 Å². The van der Waals surface area contributed by atoms with Gasteiger partial charge in [-0.3, -0.25) is 4.79 Å². The molecule has 49 heavy (non-hydrogen) atoms. The fourth-order valence-electron chi connectivity index (χ4n) is 5.11. The predicted octanol–water partition coefficient (Wildman–Crippen LogP) is 4.66. The number of amides is 1. The molecule has 3 aromatic heterocycles. The Morgan fingerprint density at radius 3 is 2.45 bits per heavy atom. The summed E-state index contributed by atoms with van der Waals surface area (Å²) < 4.78 is 32.2. The minimum Gasteiger partial charge on any atom is -0.481 e. The van der Waals surface area contributed by atoms with Gasteiger partial charge >= 0.3 is 22.8 Å². The number of methoxy groups -OCH3 is 1. The van der Waals surface area contributed by atoms with Crippen molar-refractivity contribution in [2.45, 2.75) is 31.9 Å². The Labute approximate surface area is 300 Å². The van der Waals surface area contributed by atoms with Crippen molar-refractivity contribution >= 4 is 40.1 Å². The Balaban J connectivity index is 0.000000255. The number of ether oxygens (including phenoxy) is 1. The number of aryl methyl sites for hydroxylation is 1. The van der Waals surface area contributed by atoms with Crippen LogP contribution in [-0.4, -0.2) is 49.7 Å². The molecule has 1 saturated heterocycles. The number of fused-ring (bicyclic) bond motifs is 1. The number of benzene rings is 2. The monoisotopic (exact) mass is 750 g/mol. The Bertz CT molecular complexity index is 2110. The van der Waals surface area contributed by atoms with Crippen LogP contribution in [-0.2, 0) is 42.5 Å². The number of hydrogen-bond donors (Lipinski definition) is 2. The van der Waals surface area contributed by atoms with Crippen molar-refractivity contribution in [3.8, 4) is 28.3 Å². The molecule has 2 N–H and O–H groups in total. The van der Waals surface area contributed by atoms with Crippen LogP contribution in [0.25, 0.3) is 33.4 Å². The van der Waals surface area contributed by atoms with E-state index in [-0.39, 0.29) is 40.1 Å². The second-order valence-corrected chi connectivity index (χ2v) is 11.5. The molecule has 1 radical (unpaired) electrons. The van der Waals surface area contributed by atoms with E-state index in [1.165, 1.54) is 14.1 Å². The smallest absolute Gasteiger partial charge is 0.481 e.